The second kappa shape index (κ2) is 5.43. The Bertz CT molecular complexity index is 672. The van der Waals surface area contributed by atoms with E-state index < -0.39 is 23.5 Å². The van der Waals surface area contributed by atoms with Crippen LogP contribution < -0.4 is 5.32 Å². The van der Waals surface area contributed by atoms with Gasteiger partial charge in [0.25, 0.3) is 5.91 Å². The lowest BCUT2D eigenvalue weighted by Crippen LogP contribution is -2.15. The van der Waals surface area contributed by atoms with Crippen LogP contribution >= 0.6 is 0 Å². The fraction of sp³-hybridized carbons (Fsp3) is 0. The van der Waals surface area contributed by atoms with Gasteiger partial charge in [0.2, 0.25) is 0 Å². The number of halogens is 2. The Kier molecular flexibility index (Phi) is 3.69. The van der Waals surface area contributed by atoms with Crippen LogP contribution in [0.25, 0.3) is 0 Å². The number of hydrogen-bond donors (Lipinski definition) is 2. The molecule has 2 rings (SSSR count). The zero-order valence-corrected chi connectivity index (χ0v) is 9.93. The van der Waals surface area contributed by atoms with Crippen LogP contribution in [0, 0.1) is 11.6 Å². The molecule has 0 spiro atoms. The molecule has 0 aliphatic carbocycles. The maximum absolute atomic E-state index is 13.3. The molecule has 102 valence electrons. The number of carboxylic acids is 1. The number of anilines is 1. The van der Waals surface area contributed by atoms with E-state index in [1.807, 2.05) is 0 Å². The highest BCUT2D eigenvalue weighted by atomic mass is 19.1. The predicted octanol–water partition coefficient (Wildman–Crippen LogP) is 2.31. The number of nitrogens with zero attached hydrogens (tertiary/aromatic N) is 1. The van der Waals surface area contributed by atoms with Crippen molar-refractivity contribution in [1.29, 1.82) is 0 Å². The van der Waals surface area contributed by atoms with Crippen molar-refractivity contribution in [1.82, 2.24) is 4.98 Å². The van der Waals surface area contributed by atoms with Gasteiger partial charge < -0.3 is 10.4 Å². The molecule has 7 heteroatoms. The molecule has 1 amide bonds. The van der Waals surface area contributed by atoms with Gasteiger partial charge in [-0.05, 0) is 24.3 Å². The number of aromatic carboxylic acids is 1. The second-order valence-corrected chi connectivity index (χ2v) is 3.82. The SMILES string of the molecule is O=C(O)c1ccc(C(=O)Nc2ccc(F)cc2F)nc1. The summed E-state index contributed by atoms with van der Waals surface area (Å²) in [5, 5.41) is 10.9. The number of amides is 1. The monoisotopic (exact) mass is 278 g/mol. The zero-order valence-electron chi connectivity index (χ0n) is 9.93. The summed E-state index contributed by atoms with van der Waals surface area (Å²) in [5.41, 5.74) is -0.353. The van der Waals surface area contributed by atoms with Crippen molar-refractivity contribution in [3.63, 3.8) is 0 Å². The lowest BCUT2D eigenvalue weighted by Gasteiger charge is -2.06. The third-order valence-electron chi connectivity index (χ3n) is 2.42. The van der Waals surface area contributed by atoms with E-state index in [-0.39, 0.29) is 16.9 Å². The number of rotatable bonds is 3. The predicted molar refractivity (Wildman–Crippen MR) is 65.5 cm³/mol. The van der Waals surface area contributed by atoms with Gasteiger partial charge in [0.05, 0.1) is 11.3 Å². The van der Waals surface area contributed by atoms with Gasteiger partial charge in [0, 0.05) is 12.3 Å². The van der Waals surface area contributed by atoms with Crippen LogP contribution in [-0.4, -0.2) is 22.0 Å². The fourth-order valence-corrected chi connectivity index (χ4v) is 1.43. The minimum atomic E-state index is -1.17. The van der Waals surface area contributed by atoms with E-state index in [0.717, 1.165) is 18.3 Å². The summed E-state index contributed by atoms with van der Waals surface area (Å²) in [6, 6.07) is 5.11. The van der Waals surface area contributed by atoms with Crippen molar-refractivity contribution in [3.8, 4) is 0 Å². The van der Waals surface area contributed by atoms with Gasteiger partial charge >= 0.3 is 5.97 Å². The second-order valence-electron chi connectivity index (χ2n) is 3.82. The van der Waals surface area contributed by atoms with Crippen LogP contribution in [0.4, 0.5) is 14.5 Å². The van der Waals surface area contributed by atoms with Crippen molar-refractivity contribution in [2.45, 2.75) is 0 Å². The first-order chi connectivity index (χ1) is 9.47. The Balaban J connectivity index is 2.17. The number of hydrogen-bond acceptors (Lipinski definition) is 3. The molecule has 0 radical (unpaired) electrons. The van der Waals surface area contributed by atoms with E-state index in [0.29, 0.717) is 6.07 Å². The smallest absolute Gasteiger partial charge is 0.337 e. The van der Waals surface area contributed by atoms with Gasteiger partial charge in [-0.15, -0.1) is 0 Å². The fourth-order valence-electron chi connectivity index (χ4n) is 1.43. The third-order valence-corrected chi connectivity index (χ3v) is 2.42. The van der Waals surface area contributed by atoms with E-state index in [2.05, 4.69) is 10.3 Å². The molecule has 0 saturated carbocycles. The van der Waals surface area contributed by atoms with Crippen molar-refractivity contribution in [2.24, 2.45) is 0 Å². The molecule has 1 heterocycles. The summed E-state index contributed by atoms with van der Waals surface area (Å²) in [7, 11) is 0. The van der Waals surface area contributed by atoms with Crippen LogP contribution in [0.3, 0.4) is 0 Å². The van der Waals surface area contributed by atoms with Gasteiger partial charge in [-0.2, -0.15) is 0 Å². The van der Waals surface area contributed by atoms with Crippen molar-refractivity contribution >= 4 is 17.6 Å². The molecule has 0 saturated heterocycles. The lowest BCUT2D eigenvalue weighted by atomic mass is 10.2. The van der Waals surface area contributed by atoms with Gasteiger partial charge in [-0.3, -0.25) is 9.78 Å². The highest BCUT2D eigenvalue weighted by molar-refractivity contribution is 6.03. The number of carbonyl (C=O) groups is 2. The molecule has 20 heavy (non-hydrogen) atoms. The summed E-state index contributed by atoms with van der Waals surface area (Å²) in [6.45, 7) is 0. The Morgan fingerprint density at radius 2 is 1.90 bits per heavy atom. The zero-order chi connectivity index (χ0) is 14.7. The summed E-state index contributed by atoms with van der Waals surface area (Å²) < 4.78 is 26.1. The molecule has 2 N–H and O–H groups in total. The van der Waals surface area contributed by atoms with Crippen LogP contribution in [0.2, 0.25) is 0 Å². The topological polar surface area (TPSA) is 79.3 Å². The van der Waals surface area contributed by atoms with Gasteiger partial charge in [0.1, 0.15) is 17.3 Å². The molecular weight excluding hydrogens is 270 g/mol. The summed E-state index contributed by atoms with van der Waals surface area (Å²) >= 11 is 0. The van der Waals surface area contributed by atoms with Gasteiger partial charge in [-0.25, -0.2) is 13.6 Å². The molecule has 0 atom stereocenters. The molecular formula is C13H8F2N2O3. The molecule has 0 aliphatic heterocycles. The lowest BCUT2D eigenvalue weighted by molar-refractivity contribution is 0.0696. The molecule has 5 nitrogen and oxygen atoms in total. The number of aromatic nitrogens is 1. The van der Waals surface area contributed by atoms with Crippen LogP contribution in [0.5, 0.6) is 0 Å². The third kappa shape index (κ3) is 2.94. The van der Waals surface area contributed by atoms with Crippen molar-refractivity contribution in [2.75, 3.05) is 5.32 Å². The van der Waals surface area contributed by atoms with E-state index in [1.165, 1.54) is 12.1 Å². The molecule has 0 fully saturated rings. The highest BCUT2D eigenvalue weighted by Gasteiger charge is 2.12. The van der Waals surface area contributed by atoms with Crippen LogP contribution in [-0.2, 0) is 0 Å². The Labute approximate surface area is 111 Å². The van der Waals surface area contributed by atoms with E-state index >= 15 is 0 Å². The quantitative estimate of drug-likeness (QED) is 0.903. The van der Waals surface area contributed by atoms with E-state index in [1.54, 1.807) is 0 Å². The van der Waals surface area contributed by atoms with E-state index in [9.17, 15) is 18.4 Å². The van der Waals surface area contributed by atoms with E-state index in [4.69, 9.17) is 5.11 Å². The maximum Gasteiger partial charge on any atom is 0.337 e. The molecule has 0 aliphatic rings. The normalized spacial score (nSPS) is 10.1. The molecule has 2 aromatic rings. The minimum absolute atomic E-state index is 0.0745. The summed E-state index contributed by atoms with van der Waals surface area (Å²) in [5.74, 6) is -3.58. The van der Waals surface area contributed by atoms with Crippen LogP contribution in [0.1, 0.15) is 20.8 Å². The first kappa shape index (κ1) is 13.6. The number of carboxylic acid groups (broad SMARTS) is 1. The number of carbonyl (C=O) groups excluding carboxylic acids is 1. The molecule has 1 aromatic carbocycles. The first-order valence-corrected chi connectivity index (χ1v) is 5.43. The average Bonchev–Trinajstić information content (AvgIpc) is 2.42. The molecule has 0 bridgehead atoms. The Hall–Kier alpha value is -2.83. The highest BCUT2D eigenvalue weighted by Crippen LogP contribution is 2.15. The average molecular weight is 278 g/mol. The molecule has 1 aromatic heterocycles. The van der Waals surface area contributed by atoms with Crippen molar-refractivity contribution < 1.29 is 23.5 Å². The van der Waals surface area contributed by atoms with Crippen LogP contribution in [0.15, 0.2) is 36.5 Å². The summed E-state index contributed by atoms with van der Waals surface area (Å²) in [6.07, 6.45) is 1.01. The maximum atomic E-state index is 13.3. The Morgan fingerprint density at radius 1 is 1.15 bits per heavy atom. The number of nitrogens with one attached hydrogen (secondary N) is 1. The number of pyridine rings is 1. The Morgan fingerprint density at radius 3 is 2.45 bits per heavy atom. The first-order valence-electron chi connectivity index (χ1n) is 5.43. The number of benzene rings is 1. The molecule has 0 unspecified atom stereocenters. The largest absolute Gasteiger partial charge is 0.478 e. The minimum Gasteiger partial charge on any atom is -0.478 e. The standard InChI is InChI=1S/C13H8F2N2O3/c14-8-2-4-10(9(15)5-8)17-12(18)11-3-1-7(6-16-11)13(19)20/h1-6H,(H,17,18)(H,19,20). The van der Waals surface area contributed by atoms with Crippen molar-refractivity contribution in [3.05, 3.63) is 59.4 Å². The van der Waals surface area contributed by atoms with Gasteiger partial charge in [0.15, 0.2) is 0 Å². The summed E-state index contributed by atoms with van der Waals surface area (Å²) in [4.78, 5) is 26.0. The van der Waals surface area contributed by atoms with Gasteiger partial charge in [-0.1, -0.05) is 0 Å².